The number of methoxy groups -OCH3 is 1. The minimum atomic E-state index is -0.0783. The largest absolute Gasteiger partial charge is 0.497 e. The van der Waals surface area contributed by atoms with Crippen molar-refractivity contribution in [2.45, 2.75) is 19.4 Å². The summed E-state index contributed by atoms with van der Waals surface area (Å²) in [5, 5.41) is 2.93. The van der Waals surface area contributed by atoms with E-state index < -0.39 is 0 Å². The maximum absolute atomic E-state index is 12.0. The first kappa shape index (κ1) is 16.8. The van der Waals surface area contributed by atoms with Crippen molar-refractivity contribution in [2.24, 2.45) is 0 Å². The highest BCUT2D eigenvalue weighted by molar-refractivity contribution is 5.73. The molecule has 1 N–H and O–H groups in total. The molecule has 0 bridgehead atoms. The number of hydrogen-bond acceptors (Lipinski definition) is 3. The average Bonchev–Trinajstić information content (AvgIpc) is 2.60. The molecule has 0 aliphatic carbocycles. The first-order valence-electron chi connectivity index (χ1n) is 7.71. The number of aryl methyl sites for hydroxylation is 1. The molecule has 0 saturated heterocycles. The molecular weight excluding hydrogens is 290 g/mol. The zero-order valence-electron chi connectivity index (χ0n) is 13.7. The molecule has 2 amide bonds. The molecule has 1 heterocycles. The molecule has 0 radical (unpaired) electrons. The van der Waals surface area contributed by atoms with Crippen LogP contribution in [0.3, 0.4) is 0 Å². The van der Waals surface area contributed by atoms with Gasteiger partial charge in [0.1, 0.15) is 5.75 Å². The number of amides is 2. The molecule has 5 nitrogen and oxygen atoms in total. The van der Waals surface area contributed by atoms with E-state index in [9.17, 15) is 4.79 Å². The number of urea groups is 1. The van der Waals surface area contributed by atoms with E-state index in [0.29, 0.717) is 13.1 Å². The van der Waals surface area contributed by atoms with Crippen LogP contribution < -0.4 is 10.1 Å². The summed E-state index contributed by atoms with van der Waals surface area (Å²) in [7, 11) is 3.43. The van der Waals surface area contributed by atoms with Crippen molar-refractivity contribution in [3.63, 3.8) is 0 Å². The number of nitrogens with zero attached hydrogens (tertiary/aromatic N) is 2. The zero-order valence-corrected chi connectivity index (χ0v) is 13.7. The predicted octanol–water partition coefficient (Wildman–Crippen LogP) is 2.86. The van der Waals surface area contributed by atoms with E-state index in [1.165, 1.54) is 5.56 Å². The second-order valence-corrected chi connectivity index (χ2v) is 5.36. The summed E-state index contributed by atoms with van der Waals surface area (Å²) in [5.41, 5.74) is 2.12. The van der Waals surface area contributed by atoms with Gasteiger partial charge in [-0.15, -0.1) is 0 Å². The van der Waals surface area contributed by atoms with Gasteiger partial charge in [-0.2, -0.15) is 0 Å². The Morgan fingerprint density at radius 2 is 2.00 bits per heavy atom. The van der Waals surface area contributed by atoms with Gasteiger partial charge in [-0.1, -0.05) is 18.2 Å². The van der Waals surface area contributed by atoms with Gasteiger partial charge < -0.3 is 15.0 Å². The molecule has 0 aliphatic heterocycles. The van der Waals surface area contributed by atoms with Crippen molar-refractivity contribution in [1.82, 2.24) is 15.2 Å². The lowest BCUT2D eigenvalue weighted by molar-refractivity contribution is 0.206. The van der Waals surface area contributed by atoms with Gasteiger partial charge in [-0.25, -0.2) is 4.79 Å². The van der Waals surface area contributed by atoms with Crippen LogP contribution in [0.5, 0.6) is 5.75 Å². The molecule has 5 heteroatoms. The zero-order chi connectivity index (χ0) is 16.5. The maximum atomic E-state index is 12.0. The molecule has 0 atom stereocenters. The third-order valence-corrected chi connectivity index (χ3v) is 3.55. The van der Waals surface area contributed by atoms with Gasteiger partial charge in [-0.3, -0.25) is 4.98 Å². The van der Waals surface area contributed by atoms with Crippen LogP contribution in [0, 0.1) is 0 Å². The van der Waals surface area contributed by atoms with Gasteiger partial charge in [0, 0.05) is 19.8 Å². The molecule has 1 aromatic heterocycles. The predicted molar refractivity (Wildman–Crippen MR) is 90.4 cm³/mol. The summed E-state index contributed by atoms with van der Waals surface area (Å²) in [6.45, 7) is 1.16. The average molecular weight is 313 g/mol. The normalized spacial score (nSPS) is 10.2. The molecule has 2 aromatic rings. The molecule has 2 rings (SSSR count). The Hall–Kier alpha value is -2.56. The molecular formula is C18H23N3O2. The summed E-state index contributed by atoms with van der Waals surface area (Å²) in [6.07, 6.45) is 3.56. The lowest BCUT2D eigenvalue weighted by Gasteiger charge is -2.17. The van der Waals surface area contributed by atoms with E-state index in [1.807, 2.05) is 42.5 Å². The Balaban J connectivity index is 1.67. The minimum Gasteiger partial charge on any atom is -0.497 e. The third kappa shape index (κ3) is 5.62. The molecule has 0 aliphatic rings. The Kier molecular flexibility index (Phi) is 6.41. The highest BCUT2D eigenvalue weighted by Crippen LogP contribution is 2.12. The van der Waals surface area contributed by atoms with Crippen molar-refractivity contribution in [3.05, 3.63) is 59.9 Å². The monoisotopic (exact) mass is 313 g/mol. The number of ether oxygens (including phenoxy) is 1. The Morgan fingerprint density at radius 3 is 2.65 bits per heavy atom. The molecule has 0 spiro atoms. The Bertz CT molecular complexity index is 599. The van der Waals surface area contributed by atoms with Gasteiger partial charge in [0.05, 0.1) is 19.3 Å². The van der Waals surface area contributed by atoms with Gasteiger partial charge >= 0.3 is 6.03 Å². The van der Waals surface area contributed by atoms with Crippen LogP contribution in [0.1, 0.15) is 17.7 Å². The van der Waals surface area contributed by atoms with E-state index in [0.717, 1.165) is 24.3 Å². The van der Waals surface area contributed by atoms with E-state index in [2.05, 4.69) is 10.3 Å². The van der Waals surface area contributed by atoms with E-state index in [4.69, 9.17) is 4.74 Å². The van der Waals surface area contributed by atoms with E-state index >= 15 is 0 Å². The summed E-state index contributed by atoms with van der Waals surface area (Å²) in [6, 6.07) is 13.6. The fourth-order valence-electron chi connectivity index (χ4n) is 2.22. The summed E-state index contributed by atoms with van der Waals surface area (Å²) in [4.78, 5) is 17.9. The Morgan fingerprint density at radius 1 is 1.22 bits per heavy atom. The summed E-state index contributed by atoms with van der Waals surface area (Å²) < 4.78 is 5.13. The summed E-state index contributed by atoms with van der Waals surface area (Å²) >= 11 is 0. The second kappa shape index (κ2) is 8.78. The topological polar surface area (TPSA) is 54.5 Å². The molecule has 122 valence electrons. The molecule has 23 heavy (non-hydrogen) atoms. The fourth-order valence-corrected chi connectivity index (χ4v) is 2.22. The lowest BCUT2D eigenvalue weighted by atomic mass is 10.1. The molecule has 0 fully saturated rings. The number of pyridine rings is 1. The number of nitrogens with one attached hydrogen (secondary N) is 1. The SMILES string of the molecule is COc1ccc(CCCNC(=O)N(C)Cc2ccccn2)cc1. The number of aromatic nitrogens is 1. The quantitative estimate of drug-likeness (QED) is 0.800. The van der Waals surface area contributed by atoms with Crippen LogP contribution in [0.2, 0.25) is 0 Å². The molecule has 0 saturated carbocycles. The highest BCUT2D eigenvalue weighted by Gasteiger charge is 2.08. The van der Waals surface area contributed by atoms with Crippen LogP contribution in [-0.4, -0.2) is 36.6 Å². The van der Waals surface area contributed by atoms with Gasteiger partial charge in [0.25, 0.3) is 0 Å². The van der Waals surface area contributed by atoms with Gasteiger partial charge in [0.15, 0.2) is 0 Å². The maximum Gasteiger partial charge on any atom is 0.317 e. The van der Waals surface area contributed by atoms with E-state index in [1.54, 1.807) is 25.3 Å². The van der Waals surface area contributed by atoms with Gasteiger partial charge in [-0.05, 0) is 42.7 Å². The minimum absolute atomic E-state index is 0.0783. The van der Waals surface area contributed by atoms with Crippen molar-refractivity contribution >= 4 is 6.03 Å². The standard InChI is InChI=1S/C18H23N3O2/c1-21(14-16-7-3-4-12-19-16)18(22)20-13-5-6-15-8-10-17(23-2)11-9-15/h3-4,7-12H,5-6,13-14H2,1-2H3,(H,20,22). The Labute approximate surface area is 137 Å². The highest BCUT2D eigenvalue weighted by atomic mass is 16.5. The van der Waals surface area contributed by atoms with Crippen LogP contribution in [-0.2, 0) is 13.0 Å². The van der Waals surface area contributed by atoms with Gasteiger partial charge in [0.2, 0.25) is 0 Å². The first-order valence-corrected chi connectivity index (χ1v) is 7.71. The number of rotatable bonds is 7. The van der Waals surface area contributed by atoms with Crippen molar-refractivity contribution in [2.75, 3.05) is 20.7 Å². The fraction of sp³-hybridized carbons (Fsp3) is 0.333. The molecule has 0 unspecified atom stereocenters. The number of carbonyl (C=O) groups excluding carboxylic acids is 1. The van der Waals surface area contributed by atoms with E-state index in [-0.39, 0.29) is 6.03 Å². The number of hydrogen-bond donors (Lipinski definition) is 1. The first-order chi connectivity index (χ1) is 11.2. The van der Waals surface area contributed by atoms with Crippen LogP contribution in [0.4, 0.5) is 4.79 Å². The van der Waals surface area contributed by atoms with Crippen LogP contribution in [0.15, 0.2) is 48.7 Å². The smallest absolute Gasteiger partial charge is 0.317 e. The van der Waals surface area contributed by atoms with Crippen molar-refractivity contribution in [1.29, 1.82) is 0 Å². The second-order valence-electron chi connectivity index (χ2n) is 5.36. The number of carbonyl (C=O) groups is 1. The van der Waals surface area contributed by atoms with Crippen molar-refractivity contribution in [3.8, 4) is 5.75 Å². The van der Waals surface area contributed by atoms with Crippen LogP contribution >= 0.6 is 0 Å². The third-order valence-electron chi connectivity index (χ3n) is 3.55. The van der Waals surface area contributed by atoms with Crippen molar-refractivity contribution < 1.29 is 9.53 Å². The molecule has 1 aromatic carbocycles. The lowest BCUT2D eigenvalue weighted by Crippen LogP contribution is -2.37. The van der Waals surface area contributed by atoms with Crippen LogP contribution in [0.25, 0.3) is 0 Å². The summed E-state index contributed by atoms with van der Waals surface area (Å²) in [5.74, 6) is 0.859. The number of benzene rings is 1.